The highest BCUT2D eigenvalue weighted by atomic mass is 79.9. The normalized spacial score (nSPS) is 24.3. The Kier molecular flexibility index (Phi) is 5.10. The van der Waals surface area contributed by atoms with Gasteiger partial charge in [-0.05, 0) is 62.8 Å². The first kappa shape index (κ1) is 14.4. The monoisotopic (exact) mass is 375 g/mol. The van der Waals surface area contributed by atoms with E-state index >= 15 is 0 Å². The summed E-state index contributed by atoms with van der Waals surface area (Å²) in [5.41, 5.74) is 1.15. The van der Waals surface area contributed by atoms with Crippen LogP contribution in [0.2, 0.25) is 0 Å². The molecule has 1 aromatic carbocycles. The number of hydrogen-bond donors (Lipinski definition) is 1. The second kappa shape index (κ2) is 6.40. The molecule has 4 heteroatoms. The SMILES string of the molecule is CC(C)C1CC(Nc2c(Br)cccc2Br)CCO1. The molecule has 0 aliphatic carbocycles. The van der Waals surface area contributed by atoms with E-state index in [-0.39, 0.29) is 0 Å². The molecule has 2 rings (SSSR count). The van der Waals surface area contributed by atoms with Crippen LogP contribution >= 0.6 is 31.9 Å². The summed E-state index contributed by atoms with van der Waals surface area (Å²) in [5, 5.41) is 3.63. The average molecular weight is 377 g/mol. The van der Waals surface area contributed by atoms with Crippen LogP contribution in [0.15, 0.2) is 27.1 Å². The largest absolute Gasteiger partial charge is 0.380 e. The molecule has 1 aromatic rings. The zero-order chi connectivity index (χ0) is 13.1. The molecule has 0 saturated carbocycles. The molecule has 18 heavy (non-hydrogen) atoms. The van der Waals surface area contributed by atoms with Crippen LogP contribution in [-0.4, -0.2) is 18.8 Å². The lowest BCUT2D eigenvalue weighted by Crippen LogP contribution is -2.36. The van der Waals surface area contributed by atoms with Crippen LogP contribution in [0.5, 0.6) is 0 Å². The van der Waals surface area contributed by atoms with Gasteiger partial charge in [-0.3, -0.25) is 0 Å². The molecule has 1 aliphatic rings. The van der Waals surface area contributed by atoms with Crippen molar-refractivity contribution in [1.29, 1.82) is 0 Å². The fourth-order valence-electron chi connectivity index (χ4n) is 2.26. The van der Waals surface area contributed by atoms with E-state index in [0.717, 1.165) is 34.1 Å². The van der Waals surface area contributed by atoms with Crippen molar-refractivity contribution in [2.24, 2.45) is 5.92 Å². The highest BCUT2D eigenvalue weighted by molar-refractivity contribution is 9.11. The number of rotatable bonds is 3. The summed E-state index contributed by atoms with van der Waals surface area (Å²) in [6.07, 6.45) is 2.51. The third kappa shape index (κ3) is 3.49. The Morgan fingerprint density at radius 1 is 1.28 bits per heavy atom. The smallest absolute Gasteiger partial charge is 0.0631 e. The van der Waals surface area contributed by atoms with Crippen molar-refractivity contribution < 1.29 is 4.74 Å². The Hall–Kier alpha value is -0.0600. The summed E-state index contributed by atoms with van der Waals surface area (Å²) in [4.78, 5) is 0. The van der Waals surface area contributed by atoms with Gasteiger partial charge in [0.2, 0.25) is 0 Å². The maximum Gasteiger partial charge on any atom is 0.0631 e. The molecule has 0 spiro atoms. The second-order valence-corrected chi connectivity index (χ2v) is 6.82. The lowest BCUT2D eigenvalue weighted by Gasteiger charge is -2.33. The summed E-state index contributed by atoms with van der Waals surface area (Å²) in [6.45, 7) is 5.30. The van der Waals surface area contributed by atoms with Crippen LogP contribution in [-0.2, 0) is 4.74 Å². The fraction of sp³-hybridized carbons (Fsp3) is 0.571. The number of para-hydroxylation sites is 1. The van der Waals surface area contributed by atoms with Crippen molar-refractivity contribution in [3.05, 3.63) is 27.1 Å². The lowest BCUT2D eigenvalue weighted by molar-refractivity contribution is -0.0160. The van der Waals surface area contributed by atoms with Gasteiger partial charge in [0, 0.05) is 21.6 Å². The number of anilines is 1. The Bertz CT molecular complexity index is 389. The number of ether oxygens (including phenoxy) is 1. The molecule has 2 unspecified atom stereocenters. The lowest BCUT2D eigenvalue weighted by atomic mass is 9.95. The first-order valence-corrected chi connectivity index (χ1v) is 7.98. The van der Waals surface area contributed by atoms with Crippen molar-refractivity contribution in [2.45, 2.75) is 38.8 Å². The Morgan fingerprint density at radius 2 is 1.94 bits per heavy atom. The third-order valence-electron chi connectivity index (χ3n) is 3.37. The molecule has 100 valence electrons. The van der Waals surface area contributed by atoms with E-state index in [1.165, 1.54) is 0 Å². The van der Waals surface area contributed by atoms with Crippen molar-refractivity contribution in [2.75, 3.05) is 11.9 Å². The van der Waals surface area contributed by atoms with Crippen LogP contribution in [0, 0.1) is 5.92 Å². The minimum Gasteiger partial charge on any atom is -0.380 e. The summed E-state index contributed by atoms with van der Waals surface area (Å²) in [5.74, 6) is 0.581. The molecule has 1 N–H and O–H groups in total. The van der Waals surface area contributed by atoms with Gasteiger partial charge in [-0.15, -0.1) is 0 Å². The molecule has 2 atom stereocenters. The topological polar surface area (TPSA) is 21.3 Å². The van der Waals surface area contributed by atoms with Gasteiger partial charge in [-0.25, -0.2) is 0 Å². The summed E-state index contributed by atoms with van der Waals surface area (Å²) >= 11 is 7.19. The first-order chi connectivity index (χ1) is 8.58. The molecule has 1 heterocycles. The molecule has 0 amide bonds. The van der Waals surface area contributed by atoms with Gasteiger partial charge in [-0.2, -0.15) is 0 Å². The predicted molar refractivity (Wildman–Crippen MR) is 83.1 cm³/mol. The van der Waals surface area contributed by atoms with E-state index in [9.17, 15) is 0 Å². The van der Waals surface area contributed by atoms with E-state index in [1.54, 1.807) is 0 Å². The minimum atomic E-state index is 0.373. The number of nitrogens with one attached hydrogen (secondary N) is 1. The highest BCUT2D eigenvalue weighted by Gasteiger charge is 2.25. The molecule has 1 aliphatic heterocycles. The summed E-state index contributed by atoms with van der Waals surface area (Å²) in [7, 11) is 0. The fourth-order valence-corrected chi connectivity index (χ4v) is 3.49. The van der Waals surface area contributed by atoms with Crippen molar-refractivity contribution in [3.8, 4) is 0 Å². The van der Waals surface area contributed by atoms with Gasteiger partial charge in [0.05, 0.1) is 11.8 Å². The van der Waals surface area contributed by atoms with E-state index < -0.39 is 0 Å². The van der Waals surface area contributed by atoms with Gasteiger partial charge in [0.1, 0.15) is 0 Å². The van der Waals surface area contributed by atoms with Crippen LogP contribution in [0.1, 0.15) is 26.7 Å². The van der Waals surface area contributed by atoms with Crippen LogP contribution in [0.3, 0.4) is 0 Å². The average Bonchev–Trinajstić information content (AvgIpc) is 2.34. The predicted octanol–water partition coefficient (Wildman–Crippen LogP) is 4.83. The summed E-state index contributed by atoms with van der Waals surface area (Å²) in [6, 6.07) is 6.64. The Morgan fingerprint density at radius 3 is 2.56 bits per heavy atom. The first-order valence-electron chi connectivity index (χ1n) is 6.40. The van der Waals surface area contributed by atoms with Gasteiger partial charge >= 0.3 is 0 Å². The third-order valence-corrected chi connectivity index (χ3v) is 4.69. The number of hydrogen-bond acceptors (Lipinski definition) is 2. The molecule has 0 radical (unpaired) electrons. The second-order valence-electron chi connectivity index (χ2n) is 5.12. The van der Waals surface area contributed by atoms with Crippen LogP contribution < -0.4 is 5.32 Å². The van der Waals surface area contributed by atoms with E-state index in [0.29, 0.717) is 18.1 Å². The summed E-state index contributed by atoms with van der Waals surface area (Å²) < 4.78 is 8.01. The van der Waals surface area contributed by atoms with Crippen LogP contribution in [0.4, 0.5) is 5.69 Å². The Labute approximate surface area is 126 Å². The van der Waals surface area contributed by atoms with E-state index in [1.807, 2.05) is 6.07 Å². The van der Waals surface area contributed by atoms with Gasteiger partial charge < -0.3 is 10.1 Å². The Balaban J connectivity index is 2.05. The minimum absolute atomic E-state index is 0.373. The highest BCUT2D eigenvalue weighted by Crippen LogP contribution is 2.33. The quantitative estimate of drug-likeness (QED) is 0.815. The number of benzene rings is 1. The van der Waals surface area contributed by atoms with E-state index in [4.69, 9.17) is 4.74 Å². The van der Waals surface area contributed by atoms with Crippen molar-refractivity contribution in [1.82, 2.24) is 0 Å². The zero-order valence-corrected chi connectivity index (χ0v) is 13.9. The van der Waals surface area contributed by atoms with Gasteiger partial charge in [-0.1, -0.05) is 19.9 Å². The zero-order valence-electron chi connectivity index (χ0n) is 10.7. The van der Waals surface area contributed by atoms with E-state index in [2.05, 4.69) is 63.2 Å². The number of halogens is 2. The van der Waals surface area contributed by atoms with Crippen molar-refractivity contribution >= 4 is 37.5 Å². The standard InChI is InChI=1S/C14H19Br2NO/c1-9(2)13-8-10(6-7-18-13)17-14-11(15)4-3-5-12(14)16/h3-5,9-10,13,17H,6-8H2,1-2H3. The van der Waals surface area contributed by atoms with Crippen molar-refractivity contribution in [3.63, 3.8) is 0 Å². The van der Waals surface area contributed by atoms with Gasteiger partial charge in [0.15, 0.2) is 0 Å². The molecule has 1 saturated heterocycles. The maximum absolute atomic E-state index is 5.80. The van der Waals surface area contributed by atoms with Gasteiger partial charge in [0.25, 0.3) is 0 Å². The molecular weight excluding hydrogens is 358 g/mol. The molecule has 2 nitrogen and oxygen atoms in total. The molecule has 0 aromatic heterocycles. The van der Waals surface area contributed by atoms with Crippen LogP contribution in [0.25, 0.3) is 0 Å². The molecule has 1 fully saturated rings. The molecular formula is C14H19Br2NO. The molecule has 0 bridgehead atoms. The maximum atomic E-state index is 5.80.